The summed E-state index contributed by atoms with van der Waals surface area (Å²) in [4.78, 5) is 8.16. The zero-order chi connectivity index (χ0) is 16.8. The van der Waals surface area contributed by atoms with Crippen LogP contribution in [0.15, 0.2) is 67.3 Å². The smallest absolute Gasteiger partial charge is 0.118 e. The summed E-state index contributed by atoms with van der Waals surface area (Å²) in [5.74, 6) is 0.878. The first-order chi connectivity index (χ1) is 11.8. The Morgan fingerprint density at radius 2 is 1.75 bits per heavy atom. The van der Waals surface area contributed by atoms with Gasteiger partial charge in [-0.1, -0.05) is 30.3 Å². The van der Waals surface area contributed by atoms with Gasteiger partial charge in [0, 0.05) is 30.5 Å². The molecule has 3 aromatic rings. The van der Waals surface area contributed by atoms with Crippen molar-refractivity contribution in [3.05, 3.63) is 78.4 Å². The number of hydrogen-bond acceptors (Lipinski definition) is 4. The summed E-state index contributed by atoms with van der Waals surface area (Å²) < 4.78 is 5.20. The summed E-state index contributed by atoms with van der Waals surface area (Å²) in [7, 11) is 1.68. The first-order valence-electron chi connectivity index (χ1n) is 7.98. The maximum atomic E-state index is 5.20. The molecule has 3 rings (SSSR count). The van der Waals surface area contributed by atoms with E-state index in [2.05, 4.69) is 58.6 Å². The van der Waals surface area contributed by atoms with Crippen molar-refractivity contribution in [2.24, 2.45) is 0 Å². The maximum absolute atomic E-state index is 5.20. The molecule has 0 saturated carbocycles. The van der Waals surface area contributed by atoms with Gasteiger partial charge in [-0.25, -0.2) is 9.97 Å². The van der Waals surface area contributed by atoms with Gasteiger partial charge >= 0.3 is 0 Å². The Hall–Kier alpha value is -2.72. The summed E-state index contributed by atoms with van der Waals surface area (Å²) in [5, 5.41) is 3.56. The van der Waals surface area contributed by atoms with Crippen LogP contribution in [0.25, 0.3) is 11.1 Å². The molecule has 1 atom stereocenters. The Morgan fingerprint density at radius 1 is 1.00 bits per heavy atom. The molecule has 1 aromatic heterocycles. The lowest BCUT2D eigenvalue weighted by molar-refractivity contribution is 0.414. The predicted molar refractivity (Wildman–Crippen MR) is 95.7 cm³/mol. The highest BCUT2D eigenvalue weighted by atomic mass is 16.5. The molecule has 0 aliphatic rings. The van der Waals surface area contributed by atoms with Gasteiger partial charge in [-0.15, -0.1) is 0 Å². The average Bonchev–Trinajstić information content (AvgIpc) is 2.67. The molecule has 0 aliphatic carbocycles. The molecule has 4 nitrogen and oxygen atoms in total. The van der Waals surface area contributed by atoms with Crippen molar-refractivity contribution in [1.82, 2.24) is 15.3 Å². The van der Waals surface area contributed by atoms with Crippen LogP contribution in [0.1, 0.15) is 24.1 Å². The number of benzene rings is 2. The molecule has 0 spiro atoms. The van der Waals surface area contributed by atoms with Gasteiger partial charge in [0.15, 0.2) is 0 Å². The molecule has 0 amide bonds. The predicted octanol–water partition coefficient (Wildman–Crippen LogP) is 4.00. The minimum absolute atomic E-state index is 0.264. The van der Waals surface area contributed by atoms with Crippen molar-refractivity contribution < 1.29 is 4.74 Å². The minimum Gasteiger partial charge on any atom is -0.497 e. The van der Waals surface area contributed by atoms with Crippen LogP contribution in [0.4, 0.5) is 0 Å². The second-order valence-electron chi connectivity index (χ2n) is 5.70. The van der Waals surface area contributed by atoms with Crippen LogP contribution in [0.3, 0.4) is 0 Å². The van der Waals surface area contributed by atoms with Crippen molar-refractivity contribution in [2.45, 2.75) is 19.5 Å². The van der Waals surface area contributed by atoms with E-state index in [9.17, 15) is 0 Å². The molecule has 24 heavy (non-hydrogen) atoms. The Bertz CT molecular complexity index is 772. The van der Waals surface area contributed by atoms with Crippen LogP contribution in [0, 0.1) is 0 Å². The van der Waals surface area contributed by atoms with Gasteiger partial charge in [0.25, 0.3) is 0 Å². The van der Waals surface area contributed by atoms with E-state index in [1.54, 1.807) is 13.4 Å². The second-order valence-corrected chi connectivity index (χ2v) is 5.70. The van der Waals surface area contributed by atoms with Gasteiger partial charge in [-0.3, -0.25) is 0 Å². The van der Waals surface area contributed by atoms with E-state index >= 15 is 0 Å². The molecule has 0 bridgehead atoms. The summed E-state index contributed by atoms with van der Waals surface area (Å²) in [6.45, 7) is 2.96. The van der Waals surface area contributed by atoms with Crippen molar-refractivity contribution in [3.63, 3.8) is 0 Å². The molecule has 0 fully saturated rings. The number of methoxy groups -OCH3 is 1. The van der Waals surface area contributed by atoms with Crippen molar-refractivity contribution >= 4 is 0 Å². The number of aromatic nitrogens is 2. The number of nitrogens with zero attached hydrogens (tertiary/aromatic N) is 2. The van der Waals surface area contributed by atoms with E-state index in [1.807, 2.05) is 24.5 Å². The molecule has 4 heteroatoms. The Morgan fingerprint density at radius 3 is 2.46 bits per heavy atom. The third-order valence-corrected chi connectivity index (χ3v) is 4.05. The molecular weight excluding hydrogens is 298 g/mol. The van der Waals surface area contributed by atoms with Gasteiger partial charge in [-0.05, 0) is 41.8 Å². The van der Waals surface area contributed by atoms with Crippen LogP contribution < -0.4 is 10.1 Å². The van der Waals surface area contributed by atoms with Crippen molar-refractivity contribution in [3.8, 4) is 16.9 Å². The zero-order valence-corrected chi connectivity index (χ0v) is 13.9. The summed E-state index contributed by atoms with van der Waals surface area (Å²) in [5.41, 5.74) is 4.63. The average molecular weight is 319 g/mol. The van der Waals surface area contributed by atoms with Crippen LogP contribution >= 0.6 is 0 Å². The molecular formula is C20H21N3O. The van der Waals surface area contributed by atoms with Gasteiger partial charge < -0.3 is 10.1 Å². The topological polar surface area (TPSA) is 47.0 Å². The maximum Gasteiger partial charge on any atom is 0.118 e. The van der Waals surface area contributed by atoms with E-state index in [1.165, 1.54) is 11.1 Å². The highest BCUT2D eigenvalue weighted by molar-refractivity contribution is 5.62. The van der Waals surface area contributed by atoms with E-state index in [0.29, 0.717) is 0 Å². The van der Waals surface area contributed by atoms with E-state index in [0.717, 1.165) is 23.4 Å². The monoisotopic (exact) mass is 319 g/mol. The normalized spacial score (nSPS) is 11.9. The minimum atomic E-state index is 0.264. The highest BCUT2D eigenvalue weighted by Crippen LogP contribution is 2.20. The zero-order valence-electron chi connectivity index (χ0n) is 13.9. The lowest BCUT2D eigenvalue weighted by Crippen LogP contribution is -2.18. The van der Waals surface area contributed by atoms with Crippen LogP contribution in [0.2, 0.25) is 0 Å². The number of rotatable bonds is 6. The van der Waals surface area contributed by atoms with Crippen LogP contribution in [0.5, 0.6) is 5.75 Å². The van der Waals surface area contributed by atoms with Gasteiger partial charge in [0.2, 0.25) is 0 Å². The summed E-state index contributed by atoms with van der Waals surface area (Å²) in [6, 6.07) is 16.9. The lowest BCUT2D eigenvalue weighted by atomic mass is 10.0. The largest absolute Gasteiger partial charge is 0.497 e. The van der Waals surface area contributed by atoms with Crippen molar-refractivity contribution in [1.29, 1.82) is 0 Å². The number of hydrogen-bond donors (Lipinski definition) is 1. The van der Waals surface area contributed by atoms with E-state index < -0.39 is 0 Å². The highest BCUT2D eigenvalue weighted by Gasteiger charge is 2.06. The van der Waals surface area contributed by atoms with E-state index in [-0.39, 0.29) is 6.04 Å². The van der Waals surface area contributed by atoms with Gasteiger partial charge in [0.05, 0.1) is 7.11 Å². The summed E-state index contributed by atoms with van der Waals surface area (Å²) in [6.07, 6.45) is 5.21. The fraction of sp³-hybridized carbons (Fsp3) is 0.200. The quantitative estimate of drug-likeness (QED) is 0.746. The Kier molecular flexibility index (Phi) is 5.18. The molecule has 0 saturated heterocycles. The molecule has 0 unspecified atom stereocenters. The fourth-order valence-electron chi connectivity index (χ4n) is 2.59. The Balaban J connectivity index is 1.66. The first kappa shape index (κ1) is 16.1. The molecule has 0 aliphatic heterocycles. The Labute approximate surface area is 142 Å². The molecule has 0 radical (unpaired) electrons. The number of ether oxygens (including phenoxy) is 1. The molecule has 1 N–H and O–H groups in total. The standard InChI is InChI=1S/C20H21N3O/c1-15(17-6-8-20(24-2)9-7-17)23-11-16-4-3-5-18(10-16)19-12-21-14-22-13-19/h3-10,12-15,23H,11H2,1-2H3/t15-/m1/s1. The first-order valence-corrected chi connectivity index (χ1v) is 7.98. The summed E-state index contributed by atoms with van der Waals surface area (Å²) >= 11 is 0. The number of nitrogens with one attached hydrogen (secondary N) is 1. The SMILES string of the molecule is COc1ccc([C@@H](C)NCc2cccc(-c3cncnc3)c2)cc1. The molecule has 1 heterocycles. The van der Waals surface area contributed by atoms with Crippen LogP contribution in [-0.4, -0.2) is 17.1 Å². The van der Waals surface area contributed by atoms with Crippen molar-refractivity contribution in [2.75, 3.05) is 7.11 Å². The molecule has 122 valence electrons. The van der Waals surface area contributed by atoms with Crippen LogP contribution in [-0.2, 0) is 6.54 Å². The second kappa shape index (κ2) is 7.70. The van der Waals surface area contributed by atoms with Gasteiger partial charge in [0.1, 0.15) is 12.1 Å². The third kappa shape index (κ3) is 3.97. The lowest BCUT2D eigenvalue weighted by Gasteiger charge is -2.15. The van der Waals surface area contributed by atoms with E-state index in [4.69, 9.17) is 4.74 Å². The third-order valence-electron chi connectivity index (χ3n) is 4.05. The van der Waals surface area contributed by atoms with Gasteiger partial charge in [-0.2, -0.15) is 0 Å². The molecule has 2 aromatic carbocycles. The fourth-order valence-corrected chi connectivity index (χ4v) is 2.59.